The maximum Gasteiger partial charge on any atom is 0.0737 e. The standard InChI is InChI=1S/C27H15Br/c28-17-16-18-8-7-12-22-21-11-3-6-15-25(21)27(26(18)22)23-13-4-1-9-19(23)20-10-2-5-14-24(20)27/h1-15H. The molecule has 0 amide bonds. The van der Waals surface area contributed by atoms with Crippen LogP contribution in [-0.2, 0) is 5.41 Å². The van der Waals surface area contributed by atoms with Crippen molar-refractivity contribution in [1.82, 2.24) is 0 Å². The summed E-state index contributed by atoms with van der Waals surface area (Å²) in [6.45, 7) is 0. The summed E-state index contributed by atoms with van der Waals surface area (Å²) in [5.74, 6) is 3.32. The molecule has 1 heteroatoms. The summed E-state index contributed by atoms with van der Waals surface area (Å²) >= 11 is 3.33. The van der Waals surface area contributed by atoms with Crippen LogP contribution in [0.5, 0.6) is 0 Å². The Kier molecular flexibility index (Phi) is 3.25. The van der Waals surface area contributed by atoms with E-state index in [9.17, 15) is 0 Å². The third-order valence-corrected chi connectivity index (χ3v) is 6.39. The lowest BCUT2D eigenvalue weighted by Gasteiger charge is -2.31. The van der Waals surface area contributed by atoms with Gasteiger partial charge >= 0.3 is 0 Å². The lowest BCUT2D eigenvalue weighted by atomic mass is 9.69. The van der Waals surface area contributed by atoms with Gasteiger partial charge in [-0.1, -0.05) is 90.8 Å². The molecule has 0 bridgehead atoms. The van der Waals surface area contributed by atoms with Crippen molar-refractivity contribution in [2.24, 2.45) is 0 Å². The molecule has 4 aromatic rings. The fourth-order valence-corrected chi connectivity index (χ4v) is 5.52. The van der Waals surface area contributed by atoms with Crippen molar-refractivity contribution in [3.8, 4) is 33.0 Å². The van der Waals surface area contributed by atoms with Crippen LogP contribution in [0.25, 0.3) is 22.3 Å². The van der Waals surface area contributed by atoms with E-state index in [1.807, 2.05) is 0 Å². The molecule has 6 rings (SSSR count). The molecule has 0 aromatic heterocycles. The van der Waals surface area contributed by atoms with Crippen LogP contribution in [-0.4, -0.2) is 0 Å². The number of benzene rings is 4. The Balaban J connectivity index is 1.89. The van der Waals surface area contributed by atoms with Gasteiger partial charge in [0.2, 0.25) is 0 Å². The summed E-state index contributed by atoms with van der Waals surface area (Å²) in [6.07, 6.45) is 0. The first-order valence-corrected chi connectivity index (χ1v) is 10.2. The number of fused-ring (bicyclic) bond motifs is 10. The van der Waals surface area contributed by atoms with Gasteiger partial charge in [-0.2, -0.15) is 0 Å². The molecule has 0 saturated heterocycles. The molecule has 0 nitrogen and oxygen atoms in total. The van der Waals surface area contributed by atoms with Gasteiger partial charge in [-0.05, 0) is 55.4 Å². The van der Waals surface area contributed by atoms with Crippen LogP contribution in [0.2, 0.25) is 0 Å². The molecule has 0 atom stereocenters. The highest BCUT2D eigenvalue weighted by atomic mass is 79.9. The molecular weight excluding hydrogens is 404 g/mol. The van der Waals surface area contributed by atoms with E-state index in [-0.39, 0.29) is 5.41 Å². The van der Waals surface area contributed by atoms with Gasteiger partial charge in [0.15, 0.2) is 0 Å². The third kappa shape index (κ3) is 1.77. The van der Waals surface area contributed by atoms with Crippen LogP contribution >= 0.6 is 15.9 Å². The smallest absolute Gasteiger partial charge is 0.0619 e. The zero-order valence-corrected chi connectivity index (χ0v) is 16.6. The van der Waals surface area contributed by atoms with Crippen molar-refractivity contribution >= 4 is 15.9 Å². The lowest BCUT2D eigenvalue weighted by molar-refractivity contribution is 0.791. The van der Waals surface area contributed by atoms with Gasteiger partial charge in [-0.15, -0.1) is 0 Å². The van der Waals surface area contributed by atoms with Gasteiger partial charge in [-0.25, -0.2) is 0 Å². The average Bonchev–Trinajstić information content (AvgIpc) is 3.22. The van der Waals surface area contributed by atoms with Crippen molar-refractivity contribution in [2.75, 3.05) is 0 Å². The Morgan fingerprint density at radius 3 is 1.54 bits per heavy atom. The second kappa shape index (κ2) is 5.71. The highest BCUT2D eigenvalue weighted by molar-refractivity contribution is 9.12. The molecule has 0 N–H and O–H groups in total. The van der Waals surface area contributed by atoms with E-state index in [1.165, 1.54) is 44.5 Å². The molecule has 28 heavy (non-hydrogen) atoms. The molecule has 130 valence electrons. The van der Waals surface area contributed by atoms with Crippen molar-refractivity contribution in [1.29, 1.82) is 0 Å². The predicted octanol–water partition coefficient (Wildman–Crippen LogP) is 6.73. The van der Waals surface area contributed by atoms with E-state index in [4.69, 9.17) is 0 Å². The molecule has 0 heterocycles. The number of rotatable bonds is 0. The van der Waals surface area contributed by atoms with Gasteiger partial charge < -0.3 is 0 Å². The summed E-state index contributed by atoms with van der Waals surface area (Å²) in [7, 11) is 0. The Bertz CT molecular complexity index is 1270. The molecule has 4 aromatic carbocycles. The van der Waals surface area contributed by atoms with E-state index in [0.29, 0.717) is 0 Å². The molecule has 2 aliphatic carbocycles. The Morgan fingerprint density at radius 2 is 1.00 bits per heavy atom. The van der Waals surface area contributed by atoms with E-state index < -0.39 is 0 Å². The topological polar surface area (TPSA) is 0 Å². The Labute approximate surface area is 173 Å². The third-order valence-electron chi connectivity index (χ3n) is 6.19. The molecule has 0 saturated carbocycles. The minimum atomic E-state index is -0.313. The first kappa shape index (κ1) is 15.9. The molecular formula is C27H15Br. The molecule has 1 spiro atoms. The second-order valence-corrected chi connectivity index (χ2v) is 7.73. The quantitative estimate of drug-likeness (QED) is 0.239. The van der Waals surface area contributed by atoms with Gasteiger partial charge in [0, 0.05) is 21.5 Å². The lowest BCUT2D eigenvalue weighted by Crippen LogP contribution is -2.26. The summed E-state index contributed by atoms with van der Waals surface area (Å²) < 4.78 is 0. The monoisotopic (exact) mass is 418 g/mol. The zero-order valence-electron chi connectivity index (χ0n) is 15.0. The maximum absolute atomic E-state index is 3.33. The molecule has 0 radical (unpaired) electrons. The Morgan fingerprint density at radius 1 is 0.536 bits per heavy atom. The molecule has 0 unspecified atom stereocenters. The first-order chi connectivity index (χ1) is 13.9. The normalized spacial score (nSPS) is 13.9. The minimum Gasteiger partial charge on any atom is -0.0619 e. The van der Waals surface area contributed by atoms with Crippen molar-refractivity contribution < 1.29 is 0 Å². The maximum atomic E-state index is 3.33. The number of halogens is 1. The largest absolute Gasteiger partial charge is 0.0737 e. The summed E-state index contributed by atoms with van der Waals surface area (Å²) in [6, 6.07) is 33.0. The van der Waals surface area contributed by atoms with Gasteiger partial charge in [0.05, 0.1) is 5.41 Å². The summed E-state index contributed by atoms with van der Waals surface area (Å²) in [5.41, 5.74) is 11.4. The zero-order chi connectivity index (χ0) is 18.7. The van der Waals surface area contributed by atoms with Crippen LogP contribution < -0.4 is 0 Å². The molecule has 0 fully saturated rings. The van der Waals surface area contributed by atoms with Crippen molar-refractivity contribution in [2.45, 2.75) is 5.41 Å². The fourth-order valence-electron chi connectivity index (χ4n) is 5.31. The summed E-state index contributed by atoms with van der Waals surface area (Å²) in [5, 5.41) is 0. The second-order valence-electron chi connectivity index (χ2n) is 7.33. The van der Waals surface area contributed by atoms with Crippen LogP contribution in [0.1, 0.15) is 27.8 Å². The van der Waals surface area contributed by atoms with Crippen molar-refractivity contribution in [3.63, 3.8) is 0 Å². The molecule has 2 aliphatic rings. The highest BCUT2D eigenvalue weighted by Crippen LogP contribution is 2.63. The van der Waals surface area contributed by atoms with Crippen LogP contribution in [0.4, 0.5) is 0 Å². The first-order valence-electron chi connectivity index (χ1n) is 9.42. The van der Waals surface area contributed by atoms with Crippen LogP contribution in [0.15, 0.2) is 91.0 Å². The predicted molar refractivity (Wildman–Crippen MR) is 119 cm³/mol. The van der Waals surface area contributed by atoms with Crippen LogP contribution in [0.3, 0.4) is 0 Å². The minimum absolute atomic E-state index is 0.313. The van der Waals surface area contributed by atoms with Gasteiger partial charge in [-0.3, -0.25) is 0 Å². The highest BCUT2D eigenvalue weighted by Gasteiger charge is 2.52. The van der Waals surface area contributed by atoms with Gasteiger partial charge in [0.1, 0.15) is 0 Å². The van der Waals surface area contributed by atoms with E-state index >= 15 is 0 Å². The van der Waals surface area contributed by atoms with E-state index in [2.05, 4.69) is 118 Å². The molecule has 0 aliphatic heterocycles. The number of hydrogen-bond acceptors (Lipinski definition) is 0. The average molecular weight is 419 g/mol. The fraction of sp³-hybridized carbons (Fsp3) is 0.0370. The van der Waals surface area contributed by atoms with Crippen molar-refractivity contribution in [3.05, 3.63) is 119 Å². The SMILES string of the molecule is BrC#Cc1cccc2c1C1(c3ccccc3-c3ccccc31)c1ccccc1-2. The van der Waals surface area contributed by atoms with Gasteiger partial charge in [0.25, 0.3) is 0 Å². The number of hydrogen-bond donors (Lipinski definition) is 0. The van der Waals surface area contributed by atoms with Crippen LogP contribution in [0, 0.1) is 10.8 Å². The summed E-state index contributed by atoms with van der Waals surface area (Å²) in [4.78, 5) is 2.96. The Hall–Kier alpha value is -3.08. The van der Waals surface area contributed by atoms with E-state index in [1.54, 1.807) is 0 Å². The van der Waals surface area contributed by atoms with E-state index in [0.717, 1.165) is 5.56 Å².